The van der Waals surface area contributed by atoms with Gasteiger partial charge < -0.3 is 5.32 Å². The van der Waals surface area contributed by atoms with Crippen LogP contribution in [0.2, 0.25) is 0 Å². The molecule has 0 unspecified atom stereocenters. The maximum absolute atomic E-state index is 12.3. The van der Waals surface area contributed by atoms with Gasteiger partial charge in [0.15, 0.2) is 5.69 Å². The molecule has 0 spiro atoms. The molecule has 8 nitrogen and oxygen atoms in total. The van der Waals surface area contributed by atoms with E-state index in [-0.39, 0.29) is 10.6 Å². The largest absolute Gasteiger partial charge is 0.321 e. The number of carbonyl (C=O) groups is 2. The molecule has 25 heavy (non-hydrogen) atoms. The Balaban J connectivity index is 1.80. The number of anilines is 1. The Morgan fingerprint density at radius 2 is 1.72 bits per heavy atom. The van der Waals surface area contributed by atoms with Crippen molar-refractivity contribution in [3.63, 3.8) is 0 Å². The summed E-state index contributed by atoms with van der Waals surface area (Å²) < 4.78 is 25.6. The zero-order valence-electron chi connectivity index (χ0n) is 13.1. The monoisotopic (exact) mass is 358 g/mol. The van der Waals surface area contributed by atoms with Crippen molar-refractivity contribution < 1.29 is 18.0 Å². The van der Waals surface area contributed by atoms with Crippen LogP contribution >= 0.6 is 0 Å². The molecule has 2 amide bonds. The number of hydrogen-bond acceptors (Lipinski definition) is 5. The van der Waals surface area contributed by atoms with E-state index in [0.717, 1.165) is 12.4 Å². The van der Waals surface area contributed by atoms with Crippen molar-refractivity contribution in [2.45, 2.75) is 11.8 Å². The lowest BCUT2D eigenvalue weighted by atomic mass is 10.2. The number of benzene rings is 2. The first-order valence-corrected chi connectivity index (χ1v) is 8.73. The second-order valence-corrected chi connectivity index (χ2v) is 6.94. The third-order valence-electron chi connectivity index (χ3n) is 3.39. The zero-order valence-corrected chi connectivity index (χ0v) is 13.9. The topological polar surface area (TPSA) is 121 Å². The summed E-state index contributed by atoms with van der Waals surface area (Å²) in [5, 5.41) is 10.1. The number of para-hydroxylation sites is 1. The van der Waals surface area contributed by atoms with Crippen molar-refractivity contribution in [2.24, 2.45) is 0 Å². The molecule has 3 aromatic rings. The molecule has 1 aromatic heterocycles. The molecule has 0 radical (unpaired) electrons. The van der Waals surface area contributed by atoms with Crippen molar-refractivity contribution in [1.29, 1.82) is 0 Å². The van der Waals surface area contributed by atoms with Gasteiger partial charge in [-0.15, -0.1) is 0 Å². The molecular weight excluding hydrogens is 344 g/mol. The van der Waals surface area contributed by atoms with Gasteiger partial charge in [0.1, 0.15) is 0 Å². The van der Waals surface area contributed by atoms with E-state index in [9.17, 15) is 18.0 Å². The van der Waals surface area contributed by atoms with Crippen LogP contribution < -0.4 is 10.0 Å². The van der Waals surface area contributed by atoms with E-state index in [1.165, 1.54) is 24.3 Å². The summed E-state index contributed by atoms with van der Waals surface area (Å²) in [6.45, 7) is 1.11. The number of aromatic nitrogens is 2. The third kappa shape index (κ3) is 3.50. The Hall–Kier alpha value is -3.20. The van der Waals surface area contributed by atoms with Crippen molar-refractivity contribution in [3.05, 3.63) is 54.2 Å². The van der Waals surface area contributed by atoms with Gasteiger partial charge in [-0.3, -0.25) is 14.7 Å². The minimum absolute atomic E-state index is 0.0779. The lowest BCUT2D eigenvalue weighted by Gasteiger charge is -2.07. The molecule has 0 aliphatic heterocycles. The molecule has 9 heteroatoms. The van der Waals surface area contributed by atoms with Gasteiger partial charge in [-0.2, -0.15) is 5.10 Å². The van der Waals surface area contributed by atoms with Crippen molar-refractivity contribution in [1.82, 2.24) is 14.9 Å². The lowest BCUT2D eigenvalue weighted by molar-refractivity contribution is -0.117. The van der Waals surface area contributed by atoms with Gasteiger partial charge in [-0.05, 0) is 30.3 Å². The summed E-state index contributed by atoms with van der Waals surface area (Å²) in [4.78, 5) is 23.2. The van der Waals surface area contributed by atoms with Crippen LogP contribution in [0.5, 0.6) is 0 Å². The van der Waals surface area contributed by atoms with Gasteiger partial charge in [-0.25, -0.2) is 13.1 Å². The van der Waals surface area contributed by atoms with E-state index in [1.807, 2.05) is 10.8 Å². The molecule has 0 aliphatic carbocycles. The average molecular weight is 358 g/mol. The van der Waals surface area contributed by atoms with Crippen molar-refractivity contribution >= 4 is 38.4 Å². The molecule has 1 heterocycles. The summed E-state index contributed by atoms with van der Waals surface area (Å²) in [6.07, 6.45) is 0. The number of nitrogens with zero attached hydrogens (tertiary/aromatic N) is 1. The van der Waals surface area contributed by atoms with Crippen LogP contribution in [0, 0.1) is 0 Å². The Morgan fingerprint density at radius 1 is 1.04 bits per heavy atom. The molecule has 2 aromatic carbocycles. The van der Waals surface area contributed by atoms with E-state index in [0.29, 0.717) is 11.1 Å². The second kappa shape index (κ2) is 6.36. The second-order valence-electron chi connectivity index (χ2n) is 5.26. The normalized spacial score (nSPS) is 11.2. The molecular formula is C16H14N4O4S. The summed E-state index contributed by atoms with van der Waals surface area (Å²) in [6, 6.07) is 12.7. The summed E-state index contributed by atoms with van der Waals surface area (Å²) in [7, 11) is -3.91. The van der Waals surface area contributed by atoms with Gasteiger partial charge in [0.25, 0.3) is 15.9 Å². The summed E-state index contributed by atoms with van der Waals surface area (Å²) >= 11 is 0. The lowest BCUT2D eigenvalue weighted by Crippen LogP contribution is -2.28. The quantitative estimate of drug-likeness (QED) is 0.655. The molecule has 0 aliphatic rings. The van der Waals surface area contributed by atoms with E-state index >= 15 is 0 Å². The van der Waals surface area contributed by atoms with E-state index < -0.39 is 21.8 Å². The maximum atomic E-state index is 12.3. The number of hydrogen-bond donors (Lipinski definition) is 3. The van der Waals surface area contributed by atoms with Crippen LogP contribution in [-0.2, 0) is 14.8 Å². The third-order valence-corrected chi connectivity index (χ3v) is 4.83. The minimum atomic E-state index is -3.91. The van der Waals surface area contributed by atoms with Crippen LogP contribution in [-0.4, -0.2) is 30.4 Å². The first-order chi connectivity index (χ1) is 11.9. The first kappa shape index (κ1) is 16.7. The summed E-state index contributed by atoms with van der Waals surface area (Å²) in [5.41, 5.74) is 1.38. The fourth-order valence-electron chi connectivity index (χ4n) is 2.29. The zero-order chi connectivity index (χ0) is 18.0. The Labute approximate surface area is 143 Å². The van der Waals surface area contributed by atoms with Crippen LogP contribution in [0.3, 0.4) is 0 Å². The van der Waals surface area contributed by atoms with Gasteiger partial charge in [0.2, 0.25) is 5.91 Å². The van der Waals surface area contributed by atoms with Gasteiger partial charge in [0, 0.05) is 18.0 Å². The highest BCUT2D eigenvalue weighted by Gasteiger charge is 2.17. The molecule has 0 fully saturated rings. The SMILES string of the molecule is CC(=O)NS(=O)(=O)c1ccc(NC(=O)c2n[nH]c3ccccc23)cc1. The van der Waals surface area contributed by atoms with Crippen LogP contribution in [0.1, 0.15) is 17.4 Å². The first-order valence-electron chi connectivity index (χ1n) is 7.25. The van der Waals surface area contributed by atoms with Gasteiger partial charge >= 0.3 is 0 Å². The van der Waals surface area contributed by atoms with E-state index in [1.54, 1.807) is 18.2 Å². The molecule has 0 atom stereocenters. The fraction of sp³-hybridized carbons (Fsp3) is 0.0625. The number of amides is 2. The molecule has 3 N–H and O–H groups in total. The Morgan fingerprint density at radius 3 is 2.40 bits per heavy atom. The fourth-order valence-corrected chi connectivity index (χ4v) is 3.28. The minimum Gasteiger partial charge on any atom is -0.321 e. The highest BCUT2D eigenvalue weighted by atomic mass is 32.2. The van der Waals surface area contributed by atoms with Gasteiger partial charge in [0.05, 0.1) is 10.4 Å². The van der Waals surface area contributed by atoms with Crippen LogP contribution in [0.25, 0.3) is 10.9 Å². The predicted molar refractivity (Wildman–Crippen MR) is 91.5 cm³/mol. The van der Waals surface area contributed by atoms with Gasteiger partial charge in [-0.1, -0.05) is 18.2 Å². The highest BCUT2D eigenvalue weighted by Crippen LogP contribution is 2.18. The summed E-state index contributed by atoms with van der Waals surface area (Å²) in [5.74, 6) is -1.10. The molecule has 3 rings (SSSR count). The number of carbonyl (C=O) groups excluding carboxylic acids is 2. The average Bonchev–Trinajstić information content (AvgIpc) is 2.98. The Bertz CT molecular complexity index is 1060. The number of H-pyrrole nitrogens is 1. The number of fused-ring (bicyclic) bond motifs is 1. The molecule has 128 valence electrons. The Kier molecular flexibility index (Phi) is 4.24. The number of sulfonamides is 1. The highest BCUT2D eigenvalue weighted by molar-refractivity contribution is 7.90. The van der Waals surface area contributed by atoms with Crippen LogP contribution in [0.15, 0.2) is 53.4 Å². The number of rotatable bonds is 4. The molecule has 0 saturated heterocycles. The number of aromatic amines is 1. The molecule has 0 saturated carbocycles. The van der Waals surface area contributed by atoms with Crippen LogP contribution in [0.4, 0.5) is 5.69 Å². The molecule has 0 bridgehead atoms. The standard InChI is InChI=1S/C16H14N4O4S/c1-10(21)20-25(23,24)12-8-6-11(7-9-12)17-16(22)15-13-4-2-3-5-14(13)18-19-15/h2-9H,1H3,(H,17,22)(H,18,19)(H,20,21). The maximum Gasteiger partial charge on any atom is 0.276 e. The smallest absolute Gasteiger partial charge is 0.276 e. The van der Waals surface area contributed by atoms with E-state index in [4.69, 9.17) is 0 Å². The van der Waals surface area contributed by atoms with Crippen molar-refractivity contribution in [3.8, 4) is 0 Å². The predicted octanol–water partition coefficient (Wildman–Crippen LogP) is 1.64. The van der Waals surface area contributed by atoms with E-state index in [2.05, 4.69) is 15.5 Å². The number of nitrogens with one attached hydrogen (secondary N) is 3. The van der Waals surface area contributed by atoms with Crippen molar-refractivity contribution in [2.75, 3.05) is 5.32 Å².